The van der Waals surface area contributed by atoms with Gasteiger partial charge in [-0.3, -0.25) is 0 Å². The largest absolute Gasteiger partial charge is 0.503 e. The summed E-state index contributed by atoms with van der Waals surface area (Å²) >= 11 is 5.92. The maximum Gasteiger partial charge on any atom is 0.336 e. The maximum atomic E-state index is 11.5. The van der Waals surface area contributed by atoms with Gasteiger partial charge in [0.2, 0.25) is 0 Å². The number of carboxylic acid groups (broad SMARTS) is 1. The van der Waals surface area contributed by atoms with Crippen LogP contribution >= 0.6 is 11.6 Å². The molecule has 0 heterocycles. The summed E-state index contributed by atoms with van der Waals surface area (Å²) in [4.78, 5) is 11.5. The van der Waals surface area contributed by atoms with Crippen molar-refractivity contribution in [3.05, 3.63) is 58.1 Å². The zero-order valence-electron chi connectivity index (χ0n) is 12.1. The third-order valence-corrected chi connectivity index (χ3v) is 3.46. The second kappa shape index (κ2) is 6.54. The third-order valence-electron chi connectivity index (χ3n) is 3.17. The Hall–Kier alpha value is -2.46. The molecule has 0 bridgehead atoms. The number of benzene rings is 2. The average Bonchev–Trinajstić information content (AvgIpc) is 2.49. The van der Waals surface area contributed by atoms with Crippen LogP contribution in [0, 0.1) is 6.92 Å². The van der Waals surface area contributed by atoms with Crippen molar-refractivity contribution >= 4 is 29.2 Å². The number of aromatic hydroxyl groups is 1. The van der Waals surface area contributed by atoms with Crippen LogP contribution in [0.3, 0.4) is 0 Å². The molecule has 0 aliphatic carbocycles. The molecule has 5 heteroatoms. The summed E-state index contributed by atoms with van der Waals surface area (Å²) in [6, 6.07) is 10.2. The average molecular weight is 319 g/mol. The molecule has 2 rings (SSSR count). The van der Waals surface area contributed by atoms with Gasteiger partial charge in [0, 0.05) is 0 Å². The highest BCUT2D eigenvalue weighted by atomic mass is 35.5. The molecule has 0 atom stereocenters. The van der Waals surface area contributed by atoms with E-state index in [2.05, 4.69) is 0 Å². The number of hydrogen-bond acceptors (Lipinski definition) is 3. The second-order valence-corrected chi connectivity index (χ2v) is 5.19. The number of rotatable bonds is 4. The molecule has 0 fully saturated rings. The van der Waals surface area contributed by atoms with Crippen molar-refractivity contribution in [1.29, 1.82) is 0 Å². The fourth-order valence-electron chi connectivity index (χ4n) is 2.00. The Balaban J connectivity index is 2.53. The lowest BCUT2D eigenvalue weighted by atomic mass is 10.0. The molecule has 0 saturated carbocycles. The summed E-state index contributed by atoms with van der Waals surface area (Å²) in [6.45, 7) is 1.93. The van der Waals surface area contributed by atoms with E-state index >= 15 is 0 Å². The lowest BCUT2D eigenvalue weighted by Gasteiger charge is -2.08. The van der Waals surface area contributed by atoms with E-state index in [0.717, 1.165) is 5.56 Å². The molecule has 0 spiro atoms. The van der Waals surface area contributed by atoms with Crippen LogP contribution < -0.4 is 4.74 Å². The van der Waals surface area contributed by atoms with Crippen LogP contribution in [-0.4, -0.2) is 23.3 Å². The monoisotopic (exact) mass is 318 g/mol. The molecule has 2 aromatic rings. The standard InChI is InChI=1S/C17H15ClO4/c1-10-3-5-12(6-4-10)13(17(20)21)7-11-8-14(18)16(19)15(9-11)22-2/h3-9,19H,1-2H3,(H,20,21)/b13-7-. The van der Waals surface area contributed by atoms with Gasteiger partial charge < -0.3 is 14.9 Å². The van der Waals surface area contributed by atoms with E-state index in [1.54, 1.807) is 12.1 Å². The summed E-state index contributed by atoms with van der Waals surface area (Å²) in [6.07, 6.45) is 1.49. The van der Waals surface area contributed by atoms with Crippen LogP contribution in [0.2, 0.25) is 5.02 Å². The number of phenolic OH excluding ortho intramolecular Hbond substituents is 1. The van der Waals surface area contributed by atoms with Gasteiger partial charge in [0.25, 0.3) is 0 Å². The van der Waals surface area contributed by atoms with Crippen molar-refractivity contribution in [3.8, 4) is 11.5 Å². The first-order chi connectivity index (χ1) is 10.4. The fourth-order valence-corrected chi connectivity index (χ4v) is 2.22. The third kappa shape index (κ3) is 3.40. The van der Waals surface area contributed by atoms with E-state index in [0.29, 0.717) is 11.1 Å². The minimum absolute atomic E-state index is 0.0965. The Labute approximate surface area is 133 Å². The molecule has 0 radical (unpaired) electrons. The molecule has 0 aromatic heterocycles. The van der Waals surface area contributed by atoms with Crippen molar-refractivity contribution in [1.82, 2.24) is 0 Å². The lowest BCUT2D eigenvalue weighted by molar-refractivity contribution is -0.130. The van der Waals surface area contributed by atoms with Crippen LogP contribution in [-0.2, 0) is 4.79 Å². The van der Waals surface area contributed by atoms with E-state index in [1.165, 1.54) is 25.3 Å². The zero-order chi connectivity index (χ0) is 16.3. The number of aliphatic carboxylic acids is 1. The van der Waals surface area contributed by atoms with Crippen LogP contribution in [0.5, 0.6) is 11.5 Å². The van der Waals surface area contributed by atoms with Gasteiger partial charge in [-0.25, -0.2) is 4.79 Å². The number of carboxylic acids is 1. The normalized spacial score (nSPS) is 11.3. The molecule has 4 nitrogen and oxygen atoms in total. The van der Waals surface area contributed by atoms with E-state index in [9.17, 15) is 15.0 Å². The first kappa shape index (κ1) is 15.9. The summed E-state index contributed by atoms with van der Waals surface area (Å²) < 4.78 is 5.02. The van der Waals surface area contributed by atoms with Gasteiger partial charge in [0.05, 0.1) is 17.7 Å². The quantitative estimate of drug-likeness (QED) is 0.661. The molecule has 0 aliphatic heterocycles. The lowest BCUT2D eigenvalue weighted by Crippen LogP contribution is -1.99. The number of halogens is 1. The topological polar surface area (TPSA) is 66.8 Å². The predicted octanol–water partition coefficient (Wildman–Crippen LogP) is 3.99. The molecule has 2 aromatic carbocycles. The van der Waals surface area contributed by atoms with Gasteiger partial charge >= 0.3 is 5.97 Å². The number of hydrogen-bond donors (Lipinski definition) is 2. The van der Waals surface area contributed by atoms with E-state index in [-0.39, 0.29) is 22.1 Å². The minimum atomic E-state index is -1.05. The number of methoxy groups -OCH3 is 1. The van der Waals surface area contributed by atoms with E-state index in [1.807, 2.05) is 19.1 Å². The maximum absolute atomic E-state index is 11.5. The molecule has 0 saturated heterocycles. The highest BCUT2D eigenvalue weighted by Gasteiger charge is 2.13. The molecule has 114 valence electrons. The Morgan fingerprint density at radius 2 is 1.86 bits per heavy atom. The Bertz CT molecular complexity index is 733. The summed E-state index contributed by atoms with van der Waals surface area (Å²) in [5.41, 5.74) is 2.28. The Kier molecular flexibility index (Phi) is 4.73. The van der Waals surface area contributed by atoms with E-state index < -0.39 is 5.97 Å². The molecule has 0 amide bonds. The van der Waals surface area contributed by atoms with Crippen LogP contribution in [0.4, 0.5) is 0 Å². The van der Waals surface area contributed by atoms with Gasteiger partial charge in [-0.15, -0.1) is 0 Å². The molecule has 22 heavy (non-hydrogen) atoms. The Morgan fingerprint density at radius 3 is 2.41 bits per heavy atom. The van der Waals surface area contributed by atoms with Crippen molar-refractivity contribution in [3.63, 3.8) is 0 Å². The van der Waals surface area contributed by atoms with Crippen LogP contribution in [0.15, 0.2) is 36.4 Å². The van der Waals surface area contributed by atoms with Crippen molar-refractivity contribution in [2.75, 3.05) is 7.11 Å². The van der Waals surface area contributed by atoms with Gasteiger partial charge in [-0.2, -0.15) is 0 Å². The zero-order valence-corrected chi connectivity index (χ0v) is 12.9. The van der Waals surface area contributed by atoms with Gasteiger partial charge in [-0.05, 0) is 36.3 Å². The second-order valence-electron chi connectivity index (χ2n) is 4.78. The molecule has 0 aliphatic rings. The molecule has 2 N–H and O–H groups in total. The number of phenols is 1. The SMILES string of the molecule is COc1cc(/C=C(\C(=O)O)c2ccc(C)cc2)cc(Cl)c1O. The summed E-state index contributed by atoms with van der Waals surface area (Å²) in [5.74, 6) is -1.03. The molecular weight excluding hydrogens is 304 g/mol. The summed E-state index contributed by atoms with van der Waals surface area (Å²) in [7, 11) is 1.40. The smallest absolute Gasteiger partial charge is 0.336 e. The highest BCUT2D eigenvalue weighted by molar-refractivity contribution is 6.32. The number of ether oxygens (including phenoxy) is 1. The first-order valence-electron chi connectivity index (χ1n) is 6.51. The van der Waals surface area contributed by atoms with Gasteiger partial charge in [0.1, 0.15) is 0 Å². The number of carbonyl (C=O) groups is 1. The van der Waals surface area contributed by atoms with E-state index in [4.69, 9.17) is 16.3 Å². The van der Waals surface area contributed by atoms with Crippen LogP contribution in [0.1, 0.15) is 16.7 Å². The molecular formula is C17H15ClO4. The highest BCUT2D eigenvalue weighted by Crippen LogP contribution is 2.36. The van der Waals surface area contributed by atoms with Crippen molar-refractivity contribution in [2.24, 2.45) is 0 Å². The first-order valence-corrected chi connectivity index (χ1v) is 6.88. The van der Waals surface area contributed by atoms with Gasteiger partial charge in [0.15, 0.2) is 11.5 Å². The molecule has 0 unspecified atom stereocenters. The van der Waals surface area contributed by atoms with Gasteiger partial charge in [-0.1, -0.05) is 41.4 Å². The fraction of sp³-hybridized carbons (Fsp3) is 0.118. The minimum Gasteiger partial charge on any atom is -0.503 e. The Morgan fingerprint density at radius 1 is 1.23 bits per heavy atom. The van der Waals surface area contributed by atoms with Crippen molar-refractivity contribution in [2.45, 2.75) is 6.92 Å². The summed E-state index contributed by atoms with van der Waals surface area (Å²) in [5, 5.41) is 19.2. The predicted molar refractivity (Wildman–Crippen MR) is 86.4 cm³/mol. The number of aryl methyl sites for hydroxylation is 1. The van der Waals surface area contributed by atoms with Crippen LogP contribution in [0.25, 0.3) is 11.6 Å². The van der Waals surface area contributed by atoms with Crippen molar-refractivity contribution < 1.29 is 19.7 Å².